The topological polar surface area (TPSA) is 77.2 Å². The minimum Gasteiger partial charge on any atom is -0.439 e. The predicted molar refractivity (Wildman–Crippen MR) is 92.4 cm³/mol. The van der Waals surface area contributed by atoms with E-state index in [2.05, 4.69) is 26.2 Å². The molecule has 1 aliphatic rings. The molecule has 0 spiro atoms. The number of nitrogens with one attached hydrogen (secondary N) is 1. The van der Waals surface area contributed by atoms with Gasteiger partial charge in [0.1, 0.15) is 5.75 Å². The van der Waals surface area contributed by atoms with Crippen LogP contribution in [0.3, 0.4) is 0 Å². The lowest BCUT2D eigenvalue weighted by molar-refractivity contribution is -0.119. The molecule has 2 atom stereocenters. The van der Waals surface area contributed by atoms with Gasteiger partial charge in [-0.05, 0) is 43.5 Å². The summed E-state index contributed by atoms with van der Waals surface area (Å²) in [4.78, 5) is 16.4. The lowest BCUT2D eigenvalue weighted by Gasteiger charge is -2.11. The number of anilines is 1. The number of carbonyl (C=O) groups is 1. The number of pyridine rings is 1. The normalized spacial score (nSPS) is 20.3. The standard InChI is InChI=1S/C17H18BrN3O2/c18-12-2-1-3-15(9-12)23-16-7-6-14(10-20-16)21-17(22)11-4-5-13(19)8-11/h1-3,6-7,9-11,13H,4-5,8,19H2,(H,21,22). The molecule has 1 aromatic carbocycles. The third-order valence-corrected chi connectivity index (χ3v) is 4.36. The quantitative estimate of drug-likeness (QED) is 0.853. The van der Waals surface area contributed by atoms with Crippen molar-refractivity contribution in [2.24, 2.45) is 11.7 Å². The number of halogens is 1. The Labute approximate surface area is 143 Å². The Morgan fingerprint density at radius 3 is 2.83 bits per heavy atom. The van der Waals surface area contributed by atoms with Gasteiger partial charge in [0.05, 0.1) is 11.9 Å². The first kappa shape index (κ1) is 16.0. The molecule has 3 rings (SSSR count). The molecule has 0 radical (unpaired) electrons. The molecule has 1 aliphatic carbocycles. The zero-order valence-electron chi connectivity index (χ0n) is 12.5. The van der Waals surface area contributed by atoms with Crippen LogP contribution in [0.5, 0.6) is 11.6 Å². The number of nitrogens with zero attached hydrogens (tertiary/aromatic N) is 1. The molecule has 1 heterocycles. The Bertz CT molecular complexity index is 690. The first-order valence-corrected chi connectivity index (χ1v) is 8.35. The molecule has 2 unspecified atom stereocenters. The fraction of sp³-hybridized carbons (Fsp3) is 0.294. The number of nitrogens with two attached hydrogens (primary N) is 1. The van der Waals surface area contributed by atoms with Gasteiger partial charge in [0, 0.05) is 22.5 Å². The second-order valence-corrected chi connectivity index (χ2v) is 6.62. The summed E-state index contributed by atoms with van der Waals surface area (Å²) < 4.78 is 6.60. The van der Waals surface area contributed by atoms with Gasteiger partial charge in [-0.1, -0.05) is 22.0 Å². The molecule has 23 heavy (non-hydrogen) atoms. The molecule has 3 N–H and O–H groups in total. The number of ether oxygens (including phenoxy) is 1. The summed E-state index contributed by atoms with van der Waals surface area (Å²) in [5, 5.41) is 2.88. The van der Waals surface area contributed by atoms with Crippen molar-refractivity contribution in [1.29, 1.82) is 0 Å². The van der Waals surface area contributed by atoms with Crippen LogP contribution in [0.2, 0.25) is 0 Å². The number of aromatic nitrogens is 1. The van der Waals surface area contributed by atoms with Crippen LogP contribution in [-0.4, -0.2) is 16.9 Å². The Hall–Kier alpha value is -1.92. The second kappa shape index (κ2) is 7.10. The Morgan fingerprint density at radius 2 is 2.17 bits per heavy atom. The van der Waals surface area contributed by atoms with Crippen molar-refractivity contribution in [3.05, 3.63) is 47.1 Å². The van der Waals surface area contributed by atoms with Gasteiger partial charge < -0.3 is 15.8 Å². The molecule has 5 nitrogen and oxygen atoms in total. The van der Waals surface area contributed by atoms with Gasteiger partial charge in [-0.25, -0.2) is 4.98 Å². The molecule has 0 aliphatic heterocycles. The van der Waals surface area contributed by atoms with Gasteiger partial charge in [-0.2, -0.15) is 0 Å². The third kappa shape index (κ3) is 4.30. The van der Waals surface area contributed by atoms with Crippen molar-refractivity contribution in [2.75, 3.05) is 5.32 Å². The fourth-order valence-corrected chi connectivity index (χ4v) is 3.04. The number of hydrogen-bond donors (Lipinski definition) is 2. The second-order valence-electron chi connectivity index (χ2n) is 5.70. The number of amides is 1. The summed E-state index contributed by atoms with van der Waals surface area (Å²) in [5.41, 5.74) is 6.51. The van der Waals surface area contributed by atoms with Gasteiger partial charge in [0.25, 0.3) is 0 Å². The molecule has 0 bridgehead atoms. The van der Waals surface area contributed by atoms with Crippen molar-refractivity contribution in [2.45, 2.75) is 25.3 Å². The lowest BCUT2D eigenvalue weighted by Crippen LogP contribution is -2.23. The first-order valence-electron chi connectivity index (χ1n) is 7.56. The van der Waals surface area contributed by atoms with E-state index in [0.29, 0.717) is 17.3 Å². The summed E-state index contributed by atoms with van der Waals surface area (Å²) in [5.74, 6) is 1.19. The first-order chi connectivity index (χ1) is 11.1. The minimum absolute atomic E-state index is 0.00240. The van der Waals surface area contributed by atoms with Crippen molar-refractivity contribution < 1.29 is 9.53 Å². The largest absolute Gasteiger partial charge is 0.439 e. The summed E-state index contributed by atoms with van der Waals surface area (Å²) in [6.07, 6.45) is 4.11. The van der Waals surface area contributed by atoms with Crippen LogP contribution in [0.4, 0.5) is 5.69 Å². The SMILES string of the molecule is NC1CCC(C(=O)Nc2ccc(Oc3cccc(Br)c3)nc2)C1. The Balaban J connectivity index is 1.59. The highest BCUT2D eigenvalue weighted by atomic mass is 79.9. The van der Waals surface area contributed by atoms with Crippen LogP contribution in [0.15, 0.2) is 47.1 Å². The molecule has 0 saturated heterocycles. The number of hydrogen-bond acceptors (Lipinski definition) is 4. The van der Waals surface area contributed by atoms with E-state index in [4.69, 9.17) is 10.5 Å². The minimum atomic E-state index is 0.00240. The lowest BCUT2D eigenvalue weighted by atomic mass is 10.1. The van der Waals surface area contributed by atoms with E-state index in [0.717, 1.165) is 23.7 Å². The summed E-state index contributed by atoms with van der Waals surface area (Å²) in [6.45, 7) is 0. The van der Waals surface area contributed by atoms with E-state index in [1.165, 1.54) is 0 Å². The zero-order valence-corrected chi connectivity index (χ0v) is 14.1. The van der Waals surface area contributed by atoms with Gasteiger partial charge in [-0.15, -0.1) is 0 Å². The highest BCUT2D eigenvalue weighted by Gasteiger charge is 2.27. The number of carbonyl (C=O) groups excluding carboxylic acids is 1. The maximum Gasteiger partial charge on any atom is 0.227 e. The highest BCUT2D eigenvalue weighted by Crippen LogP contribution is 2.26. The molecule has 6 heteroatoms. The van der Waals surface area contributed by atoms with Crippen molar-refractivity contribution in [3.8, 4) is 11.6 Å². The average Bonchev–Trinajstić information content (AvgIpc) is 2.96. The van der Waals surface area contributed by atoms with E-state index in [1.807, 2.05) is 24.3 Å². The fourth-order valence-electron chi connectivity index (χ4n) is 2.66. The summed E-state index contributed by atoms with van der Waals surface area (Å²) in [7, 11) is 0. The number of benzene rings is 1. The molecule has 1 saturated carbocycles. The maximum absolute atomic E-state index is 12.1. The third-order valence-electron chi connectivity index (χ3n) is 3.87. The van der Waals surface area contributed by atoms with Gasteiger partial charge in [0.15, 0.2) is 0 Å². The zero-order chi connectivity index (χ0) is 16.2. The smallest absolute Gasteiger partial charge is 0.227 e. The van der Waals surface area contributed by atoms with Crippen molar-refractivity contribution >= 4 is 27.5 Å². The van der Waals surface area contributed by atoms with E-state index in [1.54, 1.807) is 18.3 Å². The van der Waals surface area contributed by atoms with Crippen LogP contribution >= 0.6 is 15.9 Å². The molecule has 2 aromatic rings. The van der Waals surface area contributed by atoms with Crippen LogP contribution in [-0.2, 0) is 4.79 Å². The van der Waals surface area contributed by atoms with Crippen LogP contribution in [0, 0.1) is 5.92 Å². The van der Waals surface area contributed by atoms with Crippen LogP contribution < -0.4 is 15.8 Å². The van der Waals surface area contributed by atoms with Gasteiger partial charge >= 0.3 is 0 Å². The van der Waals surface area contributed by atoms with Crippen LogP contribution in [0.1, 0.15) is 19.3 Å². The molecular weight excluding hydrogens is 358 g/mol. The van der Waals surface area contributed by atoms with Gasteiger partial charge in [0.2, 0.25) is 11.8 Å². The predicted octanol–water partition coefficient (Wildman–Crippen LogP) is 3.70. The van der Waals surface area contributed by atoms with Crippen molar-refractivity contribution in [1.82, 2.24) is 4.98 Å². The van der Waals surface area contributed by atoms with Gasteiger partial charge in [-0.3, -0.25) is 4.79 Å². The maximum atomic E-state index is 12.1. The van der Waals surface area contributed by atoms with E-state index in [9.17, 15) is 4.79 Å². The molecular formula is C17H18BrN3O2. The Morgan fingerprint density at radius 1 is 1.30 bits per heavy atom. The number of rotatable bonds is 4. The molecule has 120 valence electrons. The van der Waals surface area contributed by atoms with E-state index >= 15 is 0 Å². The monoisotopic (exact) mass is 375 g/mol. The summed E-state index contributed by atoms with van der Waals surface area (Å²) in [6, 6.07) is 11.2. The van der Waals surface area contributed by atoms with Crippen molar-refractivity contribution in [3.63, 3.8) is 0 Å². The average molecular weight is 376 g/mol. The van der Waals surface area contributed by atoms with E-state index in [-0.39, 0.29) is 17.9 Å². The van der Waals surface area contributed by atoms with E-state index < -0.39 is 0 Å². The van der Waals surface area contributed by atoms with Crippen LogP contribution in [0.25, 0.3) is 0 Å². The molecule has 1 amide bonds. The Kier molecular flexibility index (Phi) is 4.93. The highest BCUT2D eigenvalue weighted by molar-refractivity contribution is 9.10. The molecule has 1 fully saturated rings. The molecule has 1 aromatic heterocycles. The summed E-state index contributed by atoms with van der Waals surface area (Å²) >= 11 is 3.39.